The Labute approximate surface area is 64.6 Å². The minimum atomic E-state index is -0.479. The van der Waals surface area contributed by atoms with Gasteiger partial charge in [0.1, 0.15) is 0 Å². The zero-order valence-corrected chi connectivity index (χ0v) is 6.92. The summed E-state index contributed by atoms with van der Waals surface area (Å²) in [5.41, 5.74) is 0. The molecule has 0 amide bonds. The highest BCUT2D eigenvalue weighted by Crippen LogP contribution is 2.18. The molecule has 0 saturated carbocycles. The Kier molecular flexibility index (Phi) is 2.12. The Morgan fingerprint density at radius 2 is 2.09 bits per heavy atom. The Morgan fingerprint density at radius 1 is 1.45 bits per heavy atom. The Morgan fingerprint density at radius 3 is 2.45 bits per heavy atom. The van der Waals surface area contributed by atoms with Crippen molar-refractivity contribution >= 4 is 0 Å². The zero-order chi connectivity index (χ0) is 8.43. The summed E-state index contributed by atoms with van der Waals surface area (Å²) >= 11 is 0. The maximum absolute atomic E-state index is 10.5. The van der Waals surface area contributed by atoms with Gasteiger partial charge in [-0.1, -0.05) is 25.9 Å². The van der Waals surface area contributed by atoms with Crippen molar-refractivity contribution in [3.05, 3.63) is 16.4 Å². The third-order valence-electron chi connectivity index (χ3n) is 1.89. The standard InChI is InChI=1S/C7H12N2O2/c1-4(2)5(3)6-8-7(10)11-9-6/h4-5H,1-3H3,(H,8,9,10). The number of hydrogen-bond donors (Lipinski definition) is 1. The van der Waals surface area contributed by atoms with Crippen LogP contribution in [0.5, 0.6) is 0 Å². The van der Waals surface area contributed by atoms with Gasteiger partial charge in [0.2, 0.25) is 0 Å². The monoisotopic (exact) mass is 156 g/mol. The van der Waals surface area contributed by atoms with Gasteiger partial charge in [-0.3, -0.25) is 9.51 Å². The number of nitrogens with one attached hydrogen (secondary N) is 1. The van der Waals surface area contributed by atoms with E-state index < -0.39 is 5.76 Å². The quantitative estimate of drug-likeness (QED) is 0.698. The highest BCUT2D eigenvalue weighted by Gasteiger charge is 2.13. The lowest BCUT2D eigenvalue weighted by molar-refractivity contribution is 0.371. The fourth-order valence-electron chi connectivity index (χ4n) is 0.754. The van der Waals surface area contributed by atoms with Crippen LogP contribution in [0, 0.1) is 5.92 Å². The largest absolute Gasteiger partial charge is 0.438 e. The number of rotatable bonds is 2. The number of H-pyrrole nitrogens is 1. The van der Waals surface area contributed by atoms with E-state index in [-0.39, 0.29) is 5.92 Å². The molecule has 0 aliphatic carbocycles. The number of nitrogens with zero attached hydrogens (tertiary/aromatic N) is 1. The fraction of sp³-hybridized carbons (Fsp3) is 0.714. The maximum Gasteiger partial charge on any atom is 0.438 e. The first-order chi connectivity index (χ1) is 5.11. The third kappa shape index (κ3) is 1.69. The second kappa shape index (κ2) is 2.90. The Balaban J connectivity index is 2.84. The SMILES string of the molecule is CC(C)C(C)c1noc(=O)[nH]1. The van der Waals surface area contributed by atoms with Crippen LogP contribution in [-0.4, -0.2) is 10.1 Å². The predicted octanol–water partition coefficient (Wildman–Crippen LogP) is 1.12. The molecule has 1 aromatic heterocycles. The summed E-state index contributed by atoms with van der Waals surface area (Å²) in [6.07, 6.45) is 0. The summed E-state index contributed by atoms with van der Waals surface area (Å²) in [5.74, 6) is 0.842. The lowest BCUT2D eigenvalue weighted by atomic mass is 9.98. The van der Waals surface area contributed by atoms with Gasteiger partial charge in [0.05, 0.1) is 0 Å². The van der Waals surface area contributed by atoms with Crippen LogP contribution in [0.1, 0.15) is 32.5 Å². The van der Waals surface area contributed by atoms with Crippen molar-refractivity contribution in [3.63, 3.8) is 0 Å². The average molecular weight is 156 g/mol. The van der Waals surface area contributed by atoms with Crippen LogP contribution in [0.15, 0.2) is 9.32 Å². The molecule has 0 radical (unpaired) electrons. The van der Waals surface area contributed by atoms with Gasteiger partial charge in [0.15, 0.2) is 5.82 Å². The first-order valence-corrected chi connectivity index (χ1v) is 3.67. The van der Waals surface area contributed by atoms with E-state index in [2.05, 4.69) is 28.5 Å². The van der Waals surface area contributed by atoms with Gasteiger partial charge in [0, 0.05) is 5.92 Å². The summed E-state index contributed by atoms with van der Waals surface area (Å²) in [6, 6.07) is 0. The van der Waals surface area contributed by atoms with Crippen molar-refractivity contribution in [2.75, 3.05) is 0 Å². The maximum atomic E-state index is 10.5. The second-order valence-corrected chi connectivity index (χ2v) is 3.01. The Bertz CT molecular complexity index is 274. The lowest BCUT2D eigenvalue weighted by Crippen LogP contribution is -2.06. The lowest BCUT2D eigenvalue weighted by Gasteiger charge is -2.09. The molecule has 0 aromatic carbocycles. The van der Waals surface area contributed by atoms with Gasteiger partial charge in [-0.2, -0.15) is 0 Å². The van der Waals surface area contributed by atoms with Crippen LogP contribution < -0.4 is 5.76 Å². The molecule has 11 heavy (non-hydrogen) atoms. The van der Waals surface area contributed by atoms with Crippen molar-refractivity contribution in [2.45, 2.75) is 26.7 Å². The molecule has 0 fully saturated rings. The minimum absolute atomic E-state index is 0.237. The van der Waals surface area contributed by atoms with Gasteiger partial charge in [-0.05, 0) is 5.92 Å². The Hall–Kier alpha value is -1.06. The van der Waals surface area contributed by atoms with E-state index >= 15 is 0 Å². The van der Waals surface area contributed by atoms with Gasteiger partial charge >= 0.3 is 5.76 Å². The topological polar surface area (TPSA) is 58.9 Å². The van der Waals surface area contributed by atoms with Gasteiger partial charge in [-0.25, -0.2) is 4.79 Å². The van der Waals surface area contributed by atoms with Crippen LogP contribution >= 0.6 is 0 Å². The summed E-state index contributed by atoms with van der Waals surface area (Å²) in [7, 11) is 0. The van der Waals surface area contributed by atoms with E-state index in [9.17, 15) is 4.79 Å². The van der Waals surface area contributed by atoms with Crippen molar-refractivity contribution in [1.29, 1.82) is 0 Å². The van der Waals surface area contributed by atoms with E-state index in [1.54, 1.807) is 0 Å². The number of aromatic amines is 1. The number of hydrogen-bond acceptors (Lipinski definition) is 3. The van der Waals surface area contributed by atoms with E-state index in [0.29, 0.717) is 11.7 Å². The molecular weight excluding hydrogens is 144 g/mol. The molecule has 4 heteroatoms. The molecule has 1 atom stereocenters. The first kappa shape index (κ1) is 8.04. The smallest absolute Gasteiger partial charge is 0.296 e. The molecule has 0 saturated heterocycles. The van der Waals surface area contributed by atoms with Crippen molar-refractivity contribution in [1.82, 2.24) is 10.1 Å². The van der Waals surface area contributed by atoms with Crippen molar-refractivity contribution in [2.24, 2.45) is 5.92 Å². The predicted molar refractivity (Wildman–Crippen MR) is 40.4 cm³/mol. The van der Waals surface area contributed by atoms with E-state index in [4.69, 9.17) is 0 Å². The fourth-order valence-corrected chi connectivity index (χ4v) is 0.754. The highest BCUT2D eigenvalue weighted by molar-refractivity contribution is 4.90. The van der Waals surface area contributed by atoms with Crippen LogP contribution in [0.2, 0.25) is 0 Å². The molecule has 0 spiro atoms. The van der Waals surface area contributed by atoms with Gasteiger partial charge in [-0.15, -0.1) is 0 Å². The van der Waals surface area contributed by atoms with Crippen LogP contribution in [0.4, 0.5) is 0 Å². The second-order valence-electron chi connectivity index (χ2n) is 3.01. The molecule has 4 nitrogen and oxygen atoms in total. The van der Waals surface area contributed by atoms with Crippen LogP contribution in [-0.2, 0) is 0 Å². The average Bonchev–Trinajstić information content (AvgIpc) is 2.34. The molecule has 62 valence electrons. The van der Waals surface area contributed by atoms with Crippen molar-refractivity contribution in [3.8, 4) is 0 Å². The zero-order valence-electron chi connectivity index (χ0n) is 6.92. The molecule has 1 N–H and O–H groups in total. The van der Waals surface area contributed by atoms with E-state index in [0.717, 1.165) is 0 Å². The number of aromatic nitrogens is 2. The molecule has 1 aromatic rings. The highest BCUT2D eigenvalue weighted by atomic mass is 16.5. The molecule has 1 rings (SSSR count). The summed E-state index contributed by atoms with van der Waals surface area (Å²) in [4.78, 5) is 13.1. The van der Waals surface area contributed by atoms with E-state index in [1.807, 2.05) is 6.92 Å². The summed E-state index contributed by atoms with van der Waals surface area (Å²) < 4.78 is 4.37. The normalized spacial score (nSPS) is 13.8. The molecule has 1 unspecified atom stereocenters. The third-order valence-corrected chi connectivity index (χ3v) is 1.89. The minimum Gasteiger partial charge on any atom is -0.296 e. The van der Waals surface area contributed by atoms with E-state index in [1.165, 1.54) is 0 Å². The summed E-state index contributed by atoms with van der Waals surface area (Å²) in [6.45, 7) is 6.13. The van der Waals surface area contributed by atoms with Crippen molar-refractivity contribution < 1.29 is 4.52 Å². The molecule has 0 aliphatic heterocycles. The first-order valence-electron chi connectivity index (χ1n) is 3.67. The molecule has 0 bridgehead atoms. The summed E-state index contributed by atoms with van der Waals surface area (Å²) in [5, 5.41) is 3.59. The van der Waals surface area contributed by atoms with Gasteiger partial charge in [0.25, 0.3) is 0 Å². The van der Waals surface area contributed by atoms with Gasteiger partial charge < -0.3 is 0 Å². The van der Waals surface area contributed by atoms with Crippen LogP contribution in [0.25, 0.3) is 0 Å². The van der Waals surface area contributed by atoms with Crippen LogP contribution in [0.3, 0.4) is 0 Å². The molecular formula is C7H12N2O2. The molecule has 0 aliphatic rings. The molecule has 1 heterocycles.